The van der Waals surface area contributed by atoms with Crippen LogP contribution in [0.4, 0.5) is 5.13 Å². The Labute approximate surface area is 150 Å². The van der Waals surface area contributed by atoms with Crippen molar-refractivity contribution in [2.45, 2.75) is 6.54 Å². The maximum atomic E-state index is 5.91. The van der Waals surface area contributed by atoms with E-state index in [0.29, 0.717) is 13.2 Å². The average Bonchev–Trinajstić information content (AvgIpc) is 3.30. The molecule has 132 valence electrons. The third kappa shape index (κ3) is 4.28. The first kappa shape index (κ1) is 16.3. The fraction of sp³-hybridized carbons (Fsp3) is 0.412. The van der Waals surface area contributed by atoms with Crippen LogP contribution in [0.15, 0.2) is 30.5 Å². The molecule has 8 heteroatoms. The summed E-state index contributed by atoms with van der Waals surface area (Å²) < 4.78 is 12.4. The van der Waals surface area contributed by atoms with Gasteiger partial charge in [0, 0.05) is 25.8 Å². The molecule has 0 amide bonds. The number of anilines is 1. The number of aromatic nitrogens is 3. The van der Waals surface area contributed by atoms with Crippen molar-refractivity contribution in [2.75, 3.05) is 44.8 Å². The molecular formula is C17H21N5O2S. The summed E-state index contributed by atoms with van der Waals surface area (Å²) in [4.78, 5) is 6.97. The molecule has 3 heterocycles. The number of rotatable bonds is 7. The van der Waals surface area contributed by atoms with Gasteiger partial charge in [0.2, 0.25) is 0 Å². The molecule has 25 heavy (non-hydrogen) atoms. The van der Waals surface area contributed by atoms with Gasteiger partial charge in [-0.25, -0.2) is 4.98 Å². The molecule has 0 spiro atoms. The molecule has 0 saturated carbocycles. The van der Waals surface area contributed by atoms with Crippen molar-refractivity contribution in [3.8, 4) is 5.75 Å². The molecule has 2 aromatic heterocycles. The highest BCUT2D eigenvalue weighted by Gasteiger charge is 2.10. The van der Waals surface area contributed by atoms with Crippen LogP contribution in [0.25, 0.3) is 10.2 Å². The molecule has 0 bridgehead atoms. The summed E-state index contributed by atoms with van der Waals surface area (Å²) in [6.45, 7) is 5.92. The van der Waals surface area contributed by atoms with E-state index in [4.69, 9.17) is 9.47 Å². The lowest BCUT2D eigenvalue weighted by Gasteiger charge is -2.26. The fourth-order valence-electron chi connectivity index (χ4n) is 2.74. The molecule has 0 atom stereocenters. The van der Waals surface area contributed by atoms with Gasteiger partial charge in [0.15, 0.2) is 5.13 Å². The standard InChI is InChI=1S/C17H21N5O2S/c1-2-15-16(25-17(20-15)18-12-13-3-4-19-21-13)11-14(1)24-10-7-22-5-8-23-9-6-22/h1-4,11H,5-10,12H2,(H,18,20)(H,19,21). The molecular weight excluding hydrogens is 338 g/mol. The topological polar surface area (TPSA) is 75.3 Å². The summed E-state index contributed by atoms with van der Waals surface area (Å²) in [6.07, 6.45) is 1.75. The molecule has 0 aliphatic carbocycles. The van der Waals surface area contributed by atoms with Crippen LogP contribution in [-0.4, -0.2) is 59.5 Å². The van der Waals surface area contributed by atoms with Crippen LogP contribution < -0.4 is 10.1 Å². The molecule has 0 unspecified atom stereocenters. The highest BCUT2D eigenvalue weighted by molar-refractivity contribution is 7.22. The number of hydrogen-bond acceptors (Lipinski definition) is 7. The van der Waals surface area contributed by atoms with E-state index in [9.17, 15) is 0 Å². The molecule has 4 rings (SSSR count). The normalized spacial score (nSPS) is 15.5. The Morgan fingerprint density at radius 3 is 3.04 bits per heavy atom. The predicted octanol–water partition coefficient (Wildman–Crippen LogP) is 2.34. The molecule has 1 aliphatic heterocycles. The maximum absolute atomic E-state index is 5.91. The monoisotopic (exact) mass is 359 g/mol. The zero-order chi connectivity index (χ0) is 16.9. The summed E-state index contributed by atoms with van der Waals surface area (Å²) in [6, 6.07) is 8.01. The van der Waals surface area contributed by atoms with Crippen molar-refractivity contribution in [2.24, 2.45) is 0 Å². The van der Waals surface area contributed by atoms with Gasteiger partial charge >= 0.3 is 0 Å². The van der Waals surface area contributed by atoms with E-state index in [2.05, 4.69) is 31.5 Å². The third-order valence-electron chi connectivity index (χ3n) is 4.13. The first-order valence-corrected chi connectivity index (χ1v) is 9.24. The summed E-state index contributed by atoms with van der Waals surface area (Å²) in [5.74, 6) is 0.893. The van der Waals surface area contributed by atoms with Gasteiger partial charge in [0.05, 0.1) is 35.7 Å². The van der Waals surface area contributed by atoms with E-state index < -0.39 is 0 Å². The molecule has 3 aromatic rings. The van der Waals surface area contributed by atoms with Crippen molar-refractivity contribution in [3.63, 3.8) is 0 Å². The number of thiazole rings is 1. The largest absolute Gasteiger partial charge is 0.492 e. The zero-order valence-electron chi connectivity index (χ0n) is 13.9. The van der Waals surface area contributed by atoms with Crippen LogP contribution in [0.3, 0.4) is 0 Å². The zero-order valence-corrected chi connectivity index (χ0v) is 14.7. The van der Waals surface area contributed by atoms with Crippen LogP contribution >= 0.6 is 11.3 Å². The minimum absolute atomic E-state index is 0.683. The second kappa shape index (κ2) is 7.81. The molecule has 7 nitrogen and oxygen atoms in total. The van der Waals surface area contributed by atoms with Gasteiger partial charge in [-0.15, -0.1) is 0 Å². The van der Waals surface area contributed by atoms with Crippen LogP contribution in [0, 0.1) is 0 Å². The van der Waals surface area contributed by atoms with Gasteiger partial charge in [-0.1, -0.05) is 11.3 Å². The Morgan fingerprint density at radius 1 is 1.28 bits per heavy atom. The van der Waals surface area contributed by atoms with Crippen LogP contribution in [0.5, 0.6) is 5.75 Å². The number of morpholine rings is 1. The maximum Gasteiger partial charge on any atom is 0.184 e. The number of hydrogen-bond donors (Lipinski definition) is 2. The lowest BCUT2D eigenvalue weighted by molar-refractivity contribution is 0.0322. The van der Waals surface area contributed by atoms with Crippen molar-refractivity contribution in [1.29, 1.82) is 0 Å². The summed E-state index contributed by atoms with van der Waals surface area (Å²) >= 11 is 1.63. The van der Waals surface area contributed by atoms with Crippen molar-refractivity contribution in [1.82, 2.24) is 20.1 Å². The molecule has 1 aromatic carbocycles. The first-order valence-electron chi connectivity index (χ1n) is 8.42. The molecule has 2 N–H and O–H groups in total. The first-order chi connectivity index (χ1) is 12.4. The van der Waals surface area contributed by atoms with Gasteiger partial charge in [0.1, 0.15) is 12.4 Å². The van der Waals surface area contributed by atoms with Crippen LogP contribution in [0.2, 0.25) is 0 Å². The molecule has 1 fully saturated rings. The minimum atomic E-state index is 0.683. The number of nitrogens with zero attached hydrogens (tertiary/aromatic N) is 3. The summed E-state index contributed by atoms with van der Waals surface area (Å²) in [5, 5.41) is 11.1. The lowest BCUT2D eigenvalue weighted by Crippen LogP contribution is -2.38. The predicted molar refractivity (Wildman–Crippen MR) is 98.3 cm³/mol. The van der Waals surface area contributed by atoms with Gasteiger partial charge in [-0.2, -0.15) is 5.10 Å². The number of fused-ring (bicyclic) bond motifs is 1. The second-order valence-electron chi connectivity index (χ2n) is 5.89. The molecule has 0 radical (unpaired) electrons. The lowest BCUT2D eigenvalue weighted by atomic mass is 10.3. The number of ether oxygens (including phenoxy) is 2. The fourth-order valence-corrected chi connectivity index (χ4v) is 3.63. The molecule has 1 aliphatic rings. The number of benzene rings is 1. The Hall–Kier alpha value is -2.16. The highest BCUT2D eigenvalue weighted by Crippen LogP contribution is 2.29. The number of nitrogens with one attached hydrogen (secondary N) is 2. The SMILES string of the molecule is c1cc(CNc2nc3ccc(OCCN4CCOCC4)cc3s2)[nH]n1. The van der Waals surface area contributed by atoms with E-state index in [1.165, 1.54) is 0 Å². The quantitative estimate of drug-likeness (QED) is 0.674. The number of H-pyrrole nitrogens is 1. The average molecular weight is 359 g/mol. The van der Waals surface area contributed by atoms with Crippen LogP contribution in [0.1, 0.15) is 5.69 Å². The Bertz CT molecular complexity index is 799. The van der Waals surface area contributed by atoms with Crippen molar-refractivity contribution >= 4 is 26.7 Å². The molecule has 1 saturated heterocycles. The second-order valence-corrected chi connectivity index (χ2v) is 6.92. The van der Waals surface area contributed by atoms with Gasteiger partial charge < -0.3 is 14.8 Å². The van der Waals surface area contributed by atoms with Crippen LogP contribution in [-0.2, 0) is 11.3 Å². The smallest absolute Gasteiger partial charge is 0.184 e. The Balaban J connectivity index is 1.33. The van der Waals surface area contributed by atoms with Gasteiger partial charge in [-0.3, -0.25) is 10.00 Å². The number of aromatic amines is 1. The van der Waals surface area contributed by atoms with E-state index in [1.54, 1.807) is 17.5 Å². The highest BCUT2D eigenvalue weighted by atomic mass is 32.1. The van der Waals surface area contributed by atoms with Gasteiger partial charge in [0.25, 0.3) is 0 Å². The summed E-state index contributed by atoms with van der Waals surface area (Å²) in [7, 11) is 0. The van der Waals surface area contributed by atoms with Crippen molar-refractivity contribution < 1.29 is 9.47 Å². The van der Waals surface area contributed by atoms with Crippen molar-refractivity contribution in [3.05, 3.63) is 36.2 Å². The van der Waals surface area contributed by atoms with E-state index in [0.717, 1.165) is 59.6 Å². The van der Waals surface area contributed by atoms with E-state index in [-0.39, 0.29) is 0 Å². The Morgan fingerprint density at radius 2 is 2.20 bits per heavy atom. The Kier molecular flexibility index (Phi) is 5.10. The third-order valence-corrected chi connectivity index (χ3v) is 5.10. The van der Waals surface area contributed by atoms with Gasteiger partial charge in [-0.05, 0) is 24.3 Å². The van der Waals surface area contributed by atoms with E-state index in [1.807, 2.05) is 18.2 Å². The van der Waals surface area contributed by atoms with E-state index >= 15 is 0 Å². The summed E-state index contributed by atoms with van der Waals surface area (Å²) in [5.41, 5.74) is 2.02. The minimum Gasteiger partial charge on any atom is -0.492 e.